The van der Waals surface area contributed by atoms with Gasteiger partial charge >= 0.3 is 0 Å². The molecule has 1 N–H and O–H groups in total. The fourth-order valence-corrected chi connectivity index (χ4v) is 3.54. The number of carbonyl (C=O) groups is 1. The predicted octanol–water partition coefficient (Wildman–Crippen LogP) is 5.79. The number of hydrogen-bond acceptors (Lipinski definition) is 4. The van der Waals surface area contributed by atoms with Gasteiger partial charge in [0.05, 0.1) is 13.0 Å². The van der Waals surface area contributed by atoms with Crippen LogP contribution in [0.3, 0.4) is 0 Å². The summed E-state index contributed by atoms with van der Waals surface area (Å²) in [7, 11) is 0. The normalized spacial score (nSPS) is 15.5. The van der Waals surface area contributed by atoms with Crippen LogP contribution < -0.4 is 9.47 Å². The van der Waals surface area contributed by atoms with E-state index in [2.05, 4.69) is 19.9 Å². The number of aromatic hydroxyl groups is 1. The van der Waals surface area contributed by atoms with Gasteiger partial charge in [-0.2, -0.15) is 0 Å². The van der Waals surface area contributed by atoms with Crippen LogP contribution in [-0.4, -0.2) is 17.5 Å². The lowest BCUT2D eigenvalue weighted by atomic mass is 9.93. The van der Waals surface area contributed by atoms with Crippen LogP contribution in [0.15, 0.2) is 48.0 Å². The number of benzene rings is 2. The van der Waals surface area contributed by atoms with Crippen molar-refractivity contribution in [1.82, 2.24) is 0 Å². The Kier molecular flexibility index (Phi) is 6.40. The van der Waals surface area contributed by atoms with E-state index in [1.165, 1.54) is 5.57 Å². The fourth-order valence-electron chi connectivity index (χ4n) is 3.54. The number of carbonyl (C=O) groups excluding carboxylic acids is 1. The molecule has 2 aromatic rings. The van der Waals surface area contributed by atoms with Crippen molar-refractivity contribution in [3.05, 3.63) is 64.7 Å². The molecule has 0 saturated carbocycles. The van der Waals surface area contributed by atoms with Crippen LogP contribution in [-0.2, 0) is 6.42 Å². The number of phenolic OH excluding ortho intramolecular Hbond substituents is 1. The maximum atomic E-state index is 12.8. The smallest absolute Gasteiger partial charge is 0.174 e. The first-order chi connectivity index (χ1) is 13.6. The lowest BCUT2D eigenvalue weighted by Gasteiger charge is -2.26. The standard InChI is InChI=1S/C24H28O4/c1-4-16(5-2)7-8-18-11-14-21-23(24(18)26)20(25)15-22(28-21)17-9-12-19(13-10-17)27-6-3/h7,9-14,22,26H,4-6,8,15H2,1-3H3. The largest absolute Gasteiger partial charge is 0.507 e. The van der Waals surface area contributed by atoms with Crippen LogP contribution in [0.4, 0.5) is 0 Å². The fraction of sp³-hybridized carbons (Fsp3) is 0.375. The Hall–Kier alpha value is -2.75. The van der Waals surface area contributed by atoms with E-state index in [0.717, 1.165) is 29.7 Å². The Morgan fingerprint density at radius 3 is 2.50 bits per heavy atom. The van der Waals surface area contributed by atoms with Crippen molar-refractivity contribution in [2.24, 2.45) is 0 Å². The van der Waals surface area contributed by atoms with E-state index >= 15 is 0 Å². The van der Waals surface area contributed by atoms with Crippen molar-refractivity contribution in [2.75, 3.05) is 6.61 Å². The van der Waals surface area contributed by atoms with Gasteiger partial charge in [-0.1, -0.05) is 43.7 Å². The third kappa shape index (κ3) is 4.22. The number of hydrogen-bond donors (Lipinski definition) is 1. The Morgan fingerprint density at radius 1 is 1.14 bits per heavy atom. The molecule has 1 aliphatic heterocycles. The summed E-state index contributed by atoms with van der Waals surface area (Å²) in [6.07, 6.45) is 4.60. The van der Waals surface area contributed by atoms with Crippen LogP contribution in [0, 0.1) is 0 Å². The minimum Gasteiger partial charge on any atom is -0.507 e. The Balaban J connectivity index is 1.82. The zero-order valence-corrected chi connectivity index (χ0v) is 16.8. The highest BCUT2D eigenvalue weighted by atomic mass is 16.5. The second-order valence-electron chi connectivity index (χ2n) is 6.96. The summed E-state index contributed by atoms with van der Waals surface area (Å²) in [5.41, 5.74) is 3.33. The Bertz CT molecular complexity index is 859. The van der Waals surface area contributed by atoms with Crippen molar-refractivity contribution < 1.29 is 19.4 Å². The molecular weight excluding hydrogens is 352 g/mol. The number of rotatable bonds is 7. The van der Waals surface area contributed by atoms with Crippen molar-refractivity contribution >= 4 is 5.78 Å². The third-order valence-corrected chi connectivity index (χ3v) is 5.22. The van der Waals surface area contributed by atoms with Crippen molar-refractivity contribution in [2.45, 2.75) is 52.6 Å². The third-order valence-electron chi connectivity index (χ3n) is 5.22. The molecule has 0 amide bonds. The molecule has 28 heavy (non-hydrogen) atoms. The number of fused-ring (bicyclic) bond motifs is 1. The van der Waals surface area contributed by atoms with E-state index in [-0.39, 0.29) is 24.1 Å². The highest BCUT2D eigenvalue weighted by molar-refractivity contribution is 6.02. The van der Waals surface area contributed by atoms with E-state index in [0.29, 0.717) is 24.3 Å². The summed E-state index contributed by atoms with van der Waals surface area (Å²) >= 11 is 0. The molecule has 1 aliphatic rings. The summed E-state index contributed by atoms with van der Waals surface area (Å²) in [5.74, 6) is 1.21. The number of phenols is 1. The second kappa shape index (κ2) is 8.96. The number of ketones is 1. The predicted molar refractivity (Wildman–Crippen MR) is 110 cm³/mol. The zero-order chi connectivity index (χ0) is 20.1. The summed E-state index contributed by atoms with van der Waals surface area (Å²) < 4.78 is 11.5. The van der Waals surface area contributed by atoms with Gasteiger partial charge in [0.25, 0.3) is 0 Å². The number of allylic oxidation sites excluding steroid dienone is 2. The average Bonchev–Trinajstić information content (AvgIpc) is 2.70. The van der Waals surface area contributed by atoms with Crippen molar-refractivity contribution in [3.63, 3.8) is 0 Å². The first-order valence-corrected chi connectivity index (χ1v) is 10.0. The van der Waals surface area contributed by atoms with Gasteiger partial charge < -0.3 is 14.6 Å². The highest BCUT2D eigenvalue weighted by Crippen LogP contribution is 2.41. The van der Waals surface area contributed by atoms with Gasteiger partial charge in [0.2, 0.25) is 0 Å². The second-order valence-corrected chi connectivity index (χ2v) is 6.96. The van der Waals surface area contributed by atoms with Crippen molar-refractivity contribution in [1.29, 1.82) is 0 Å². The highest BCUT2D eigenvalue weighted by Gasteiger charge is 2.31. The summed E-state index contributed by atoms with van der Waals surface area (Å²) in [6, 6.07) is 11.3. The van der Waals surface area contributed by atoms with Gasteiger partial charge in [0, 0.05) is 0 Å². The van der Waals surface area contributed by atoms with Gasteiger partial charge in [-0.25, -0.2) is 0 Å². The maximum absolute atomic E-state index is 12.8. The van der Waals surface area contributed by atoms with E-state index in [1.54, 1.807) is 6.07 Å². The van der Waals surface area contributed by atoms with Crippen LogP contribution in [0.25, 0.3) is 0 Å². The molecule has 1 heterocycles. The molecule has 148 valence electrons. The Morgan fingerprint density at radius 2 is 1.86 bits per heavy atom. The van der Waals surface area contributed by atoms with Crippen LogP contribution in [0.5, 0.6) is 17.2 Å². The average molecular weight is 380 g/mol. The quantitative estimate of drug-likeness (QED) is 0.618. The van der Waals surface area contributed by atoms with Crippen LogP contribution in [0.2, 0.25) is 0 Å². The van der Waals surface area contributed by atoms with E-state index < -0.39 is 0 Å². The van der Waals surface area contributed by atoms with Gasteiger partial charge in [0.15, 0.2) is 5.78 Å². The molecular formula is C24H28O4. The molecule has 0 bridgehead atoms. The van der Waals surface area contributed by atoms with Crippen LogP contribution in [0.1, 0.15) is 67.6 Å². The maximum Gasteiger partial charge on any atom is 0.174 e. The molecule has 0 fully saturated rings. The molecule has 4 nitrogen and oxygen atoms in total. The minimum atomic E-state index is -0.354. The molecule has 0 spiro atoms. The molecule has 0 saturated heterocycles. The lowest BCUT2D eigenvalue weighted by Crippen LogP contribution is -2.20. The van der Waals surface area contributed by atoms with E-state index in [1.807, 2.05) is 37.3 Å². The summed E-state index contributed by atoms with van der Waals surface area (Å²) in [6.45, 7) is 6.80. The number of Topliss-reactive ketones (excluding diaryl/α,β-unsaturated/α-hetero) is 1. The molecule has 0 aliphatic carbocycles. The molecule has 1 unspecified atom stereocenters. The van der Waals surface area contributed by atoms with Gasteiger partial charge in [0.1, 0.15) is 28.9 Å². The first-order valence-electron chi connectivity index (χ1n) is 10.0. The molecule has 2 aromatic carbocycles. The summed E-state index contributed by atoms with van der Waals surface area (Å²) in [4.78, 5) is 12.8. The SMILES string of the molecule is CCOc1ccc(C2CC(=O)c3c(ccc(CC=C(CC)CC)c3O)O2)cc1. The molecule has 1 atom stereocenters. The summed E-state index contributed by atoms with van der Waals surface area (Å²) in [5, 5.41) is 10.7. The first kappa shape index (κ1) is 20.0. The Labute approximate surface area is 166 Å². The lowest BCUT2D eigenvalue weighted by molar-refractivity contribution is 0.0845. The van der Waals surface area contributed by atoms with Gasteiger partial charge in [-0.3, -0.25) is 4.79 Å². The van der Waals surface area contributed by atoms with E-state index in [9.17, 15) is 9.90 Å². The van der Waals surface area contributed by atoms with Crippen LogP contribution >= 0.6 is 0 Å². The monoisotopic (exact) mass is 380 g/mol. The van der Waals surface area contributed by atoms with Crippen molar-refractivity contribution in [3.8, 4) is 17.2 Å². The minimum absolute atomic E-state index is 0.0513. The van der Waals surface area contributed by atoms with Gasteiger partial charge in [-0.15, -0.1) is 0 Å². The molecule has 4 heteroatoms. The molecule has 3 rings (SSSR count). The molecule has 0 radical (unpaired) electrons. The number of ether oxygens (including phenoxy) is 2. The zero-order valence-electron chi connectivity index (χ0n) is 16.8. The topological polar surface area (TPSA) is 55.8 Å². The van der Waals surface area contributed by atoms with E-state index in [4.69, 9.17) is 9.47 Å². The van der Waals surface area contributed by atoms with Gasteiger partial charge in [-0.05, 0) is 55.5 Å². The molecule has 0 aromatic heterocycles.